The Morgan fingerprint density at radius 1 is 0.964 bits per heavy atom. The van der Waals surface area contributed by atoms with E-state index in [1.807, 2.05) is 31.2 Å². The van der Waals surface area contributed by atoms with E-state index in [0.717, 1.165) is 11.1 Å². The molecule has 0 unspecified atom stereocenters. The summed E-state index contributed by atoms with van der Waals surface area (Å²) in [5.74, 6) is 0.935. The molecule has 7 nitrogen and oxygen atoms in total. The van der Waals surface area contributed by atoms with Crippen molar-refractivity contribution in [2.75, 3.05) is 34.0 Å². The van der Waals surface area contributed by atoms with Gasteiger partial charge in [0.05, 0.1) is 27.2 Å². The number of para-hydroxylation sites is 2. The van der Waals surface area contributed by atoms with E-state index in [4.69, 9.17) is 18.9 Å². The number of methoxy groups -OCH3 is 2. The topological polar surface area (TPSA) is 83.1 Å². The Kier molecular flexibility index (Phi) is 8.14. The molecule has 150 valence electrons. The number of benzene rings is 2. The molecule has 0 spiro atoms. The van der Waals surface area contributed by atoms with Gasteiger partial charge in [0.2, 0.25) is 0 Å². The molecule has 0 saturated carbocycles. The maximum Gasteiger partial charge on any atom is 0.310 e. The van der Waals surface area contributed by atoms with Crippen LogP contribution in [0.4, 0.5) is 0 Å². The summed E-state index contributed by atoms with van der Waals surface area (Å²) < 4.78 is 21.0. The molecular weight excluding hydrogens is 362 g/mol. The maximum absolute atomic E-state index is 12.0. The van der Waals surface area contributed by atoms with Crippen LogP contribution >= 0.6 is 0 Å². The van der Waals surface area contributed by atoms with Crippen LogP contribution in [0.2, 0.25) is 0 Å². The van der Waals surface area contributed by atoms with Crippen LogP contribution in [0.3, 0.4) is 0 Å². The number of esters is 1. The summed E-state index contributed by atoms with van der Waals surface area (Å²) in [5.41, 5.74) is 1.73. The number of amides is 1. The molecule has 0 heterocycles. The Balaban J connectivity index is 1.69. The zero-order chi connectivity index (χ0) is 20.4. The first-order valence-corrected chi connectivity index (χ1v) is 8.85. The van der Waals surface area contributed by atoms with Crippen molar-refractivity contribution in [1.82, 2.24) is 5.32 Å². The van der Waals surface area contributed by atoms with Crippen LogP contribution < -0.4 is 19.5 Å². The fourth-order valence-corrected chi connectivity index (χ4v) is 2.54. The molecule has 0 saturated heterocycles. The SMILES string of the molecule is COc1ccc(C)cc1CC(=O)OCC(=O)NCCOc1ccccc1OC. The number of carbonyl (C=O) groups is 2. The van der Waals surface area contributed by atoms with E-state index in [1.54, 1.807) is 32.4 Å². The van der Waals surface area contributed by atoms with Crippen molar-refractivity contribution in [3.05, 3.63) is 53.6 Å². The quantitative estimate of drug-likeness (QED) is 0.498. The Labute approximate surface area is 164 Å². The van der Waals surface area contributed by atoms with Crippen molar-refractivity contribution < 1.29 is 28.5 Å². The first kappa shape index (κ1) is 21.1. The molecule has 0 aliphatic rings. The number of hydrogen-bond acceptors (Lipinski definition) is 6. The highest BCUT2D eigenvalue weighted by molar-refractivity contribution is 5.81. The molecule has 0 atom stereocenters. The third-order valence-corrected chi connectivity index (χ3v) is 3.89. The number of carbonyl (C=O) groups excluding carboxylic acids is 2. The van der Waals surface area contributed by atoms with Gasteiger partial charge in [-0.3, -0.25) is 9.59 Å². The molecule has 0 aromatic heterocycles. The average molecular weight is 387 g/mol. The largest absolute Gasteiger partial charge is 0.496 e. The number of ether oxygens (including phenoxy) is 4. The van der Waals surface area contributed by atoms with E-state index >= 15 is 0 Å². The zero-order valence-corrected chi connectivity index (χ0v) is 16.3. The lowest BCUT2D eigenvalue weighted by Crippen LogP contribution is -2.32. The molecule has 0 fully saturated rings. The zero-order valence-electron chi connectivity index (χ0n) is 16.3. The standard InChI is InChI=1S/C21H25NO6/c1-15-8-9-17(25-2)16(12-15)13-21(24)28-14-20(23)22-10-11-27-19-7-5-4-6-18(19)26-3/h4-9,12H,10-11,13-14H2,1-3H3,(H,22,23). The van der Waals surface area contributed by atoms with E-state index in [2.05, 4.69) is 5.32 Å². The number of rotatable bonds is 10. The van der Waals surface area contributed by atoms with Gasteiger partial charge in [-0.05, 0) is 25.1 Å². The average Bonchev–Trinajstić information content (AvgIpc) is 2.70. The third kappa shape index (κ3) is 6.50. The molecule has 2 aromatic carbocycles. The minimum atomic E-state index is -0.496. The summed E-state index contributed by atoms with van der Waals surface area (Å²) in [6.07, 6.45) is 0.0368. The van der Waals surface area contributed by atoms with Crippen LogP contribution in [-0.4, -0.2) is 45.9 Å². The predicted molar refractivity (Wildman–Crippen MR) is 104 cm³/mol. The summed E-state index contributed by atoms with van der Waals surface area (Å²) in [6.45, 7) is 2.12. The molecule has 0 aliphatic carbocycles. The van der Waals surface area contributed by atoms with E-state index in [0.29, 0.717) is 17.2 Å². The monoisotopic (exact) mass is 387 g/mol. The van der Waals surface area contributed by atoms with Gasteiger partial charge in [-0.2, -0.15) is 0 Å². The fourth-order valence-electron chi connectivity index (χ4n) is 2.54. The summed E-state index contributed by atoms with van der Waals surface area (Å²) in [5, 5.41) is 2.63. The van der Waals surface area contributed by atoms with E-state index < -0.39 is 11.9 Å². The normalized spacial score (nSPS) is 10.1. The van der Waals surface area contributed by atoms with Gasteiger partial charge in [-0.1, -0.05) is 29.8 Å². The molecule has 1 amide bonds. The van der Waals surface area contributed by atoms with E-state index in [1.165, 1.54) is 0 Å². The lowest BCUT2D eigenvalue weighted by atomic mass is 10.1. The second-order valence-electron chi connectivity index (χ2n) is 6.00. The van der Waals surface area contributed by atoms with Crippen LogP contribution in [0.15, 0.2) is 42.5 Å². The fraction of sp³-hybridized carbons (Fsp3) is 0.333. The highest BCUT2D eigenvalue weighted by atomic mass is 16.5. The van der Waals surface area contributed by atoms with Crippen LogP contribution in [0.25, 0.3) is 0 Å². The molecule has 0 radical (unpaired) electrons. The van der Waals surface area contributed by atoms with Crippen molar-refractivity contribution in [3.63, 3.8) is 0 Å². The summed E-state index contributed by atoms with van der Waals surface area (Å²) in [7, 11) is 3.10. The van der Waals surface area contributed by atoms with Crippen LogP contribution in [0, 0.1) is 6.92 Å². The third-order valence-electron chi connectivity index (χ3n) is 3.89. The summed E-state index contributed by atoms with van der Waals surface area (Å²) in [6, 6.07) is 12.8. The minimum absolute atomic E-state index is 0.0368. The highest BCUT2D eigenvalue weighted by Crippen LogP contribution is 2.25. The lowest BCUT2D eigenvalue weighted by Gasteiger charge is -2.11. The van der Waals surface area contributed by atoms with Crippen LogP contribution in [0.1, 0.15) is 11.1 Å². The summed E-state index contributed by atoms with van der Waals surface area (Å²) in [4.78, 5) is 23.8. The summed E-state index contributed by atoms with van der Waals surface area (Å²) >= 11 is 0. The van der Waals surface area contributed by atoms with Gasteiger partial charge in [0.15, 0.2) is 18.1 Å². The van der Waals surface area contributed by atoms with Gasteiger partial charge in [-0.25, -0.2) is 0 Å². The van der Waals surface area contributed by atoms with Gasteiger partial charge in [0.1, 0.15) is 12.4 Å². The minimum Gasteiger partial charge on any atom is -0.496 e. The van der Waals surface area contributed by atoms with Crippen molar-refractivity contribution in [1.29, 1.82) is 0 Å². The molecule has 1 N–H and O–H groups in total. The van der Waals surface area contributed by atoms with Gasteiger partial charge in [0.25, 0.3) is 5.91 Å². The van der Waals surface area contributed by atoms with Gasteiger partial charge in [-0.15, -0.1) is 0 Å². The second kappa shape index (κ2) is 10.8. The predicted octanol–water partition coefficient (Wildman–Crippen LogP) is 2.29. The van der Waals surface area contributed by atoms with Crippen LogP contribution in [-0.2, 0) is 20.7 Å². The van der Waals surface area contributed by atoms with E-state index in [-0.39, 0.29) is 26.2 Å². The Bertz CT molecular complexity index is 805. The Hall–Kier alpha value is -3.22. The molecule has 7 heteroatoms. The molecule has 2 rings (SSSR count). The van der Waals surface area contributed by atoms with Crippen molar-refractivity contribution in [2.45, 2.75) is 13.3 Å². The maximum atomic E-state index is 12.0. The van der Waals surface area contributed by atoms with Gasteiger partial charge >= 0.3 is 5.97 Å². The second-order valence-corrected chi connectivity index (χ2v) is 6.00. The van der Waals surface area contributed by atoms with Crippen LogP contribution in [0.5, 0.6) is 17.2 Å². The first-order chi connectivity index (χ1) is 13.5. The number of aryl methyl sites for hydroxylation is 1. The Morgan fingerprint density at radius 3 is 2.39 bits per heavy atom. The number of hydrogen-bond donors (Lipinski definition) is 1. The molecular formula is C21H25NO6. The van der Waals surface area contributed by atoms with Crippen molar-refractivity contribution in [2.24, 2.45) is 0 Å². The number of nitrogens with one attached hydrogen (secondary N) is 1. The highest BCUT2D eigenvalue weighted by Gasteiger charge is 2.12. The lowest BCUT2D eigenvalue weighted by molar-refractivity contribution is -0.147. The Morgan fingerprint density at radius 2 is 1.68 bits per heavy atom. The molecule has 0 aliphatic heterocycles. The smallest absolute Gasteiger partial charge is 0.310 e. The van der Waals surface area contributed by atoms with E-state index in [9.17, 15) is 9.59 Å². The molecule has 28 heavy (non-hydrogen) atoms. The first-order valence-electron chi connectivity index (χ1n) is 8.85. The van der Waals surface area contributed by atoms with Crippen molar-refractivity contribution >= 4 is 11.9 Å². The van der Waals surface area contributed by atoms with Gasteiger partial charge < -0.3 is 24.3 Å². The molecule has 2 aromatic rings. The van der Waals surface area contributed by atoms with Crippen molar-refractivity contribution in [3.8, 4) is 17.2 Å². The molecule has 0 bridgehead atoms. The van der Waals surface area contributed by atoms with Gasteiger partial charge in [0, 0.05) is 5.56 Å².